The van der Waals surface area contributed by atoms with E-state index in [4.69, 9.17) is 14.1 Å². The summed E-state index contributed by atoms with van der Waals surface area (Å²) in [6.45, 7) is 8.81. The highest BCUT2D eigenvalue weighted by atomic mass is 16.5. The Bertz CT molecular complexity index is 590. The smallest absolute Gasteiger partial charge is 0.191 e. The summed E-state index contributed by atoms with van der Waals surface area (Å²) >= 11 is 0. The van der Waals surface area contributed by atoms with Gasteiger partial charge in [-0.25, -0.2) is 0 Å². The number of nitrogens with zero attached hydrogens (tertiary/aromatic N) is 2. The second-order valence-electron chi connectivity index (χ2n) is 7.48. The molecule has 1 atom stereocenters. The van der Waals surface area contributed by atoms with E-state index in [9.17, 15) is 5.11 Å². The van der Waals surface area contributed by atoms with Crippen molar-refractivity contribution in [1.29, 1.82) is 0 Å². The number of aliphatic hydroxyl groups excluding tert-OH is 1. The molecule has 2 heterocycles. The number of morpholine rings is 1. The van der Waals surface area contributed by atoms with E-state index in [0.717, 1.165) is 76.0 Å². The fraction of sp³-hybridized carbons (Fsp3) is 0.750. The van der Waals surface area contributed by atoms with Crippen LogP contribution in [0.3, 0.4) is 0 Å². The molecule has 27 heavy (non-hydrogen) atoms. The van der Waals surface area contributed by atoms with Crippen molar-refractivity contribution in [2.24, 2.45) is 4.99 Å². The minimum Gasteiger partial charge on any atom is -0.465 e. The van der Waals surface area contributed by atoms with E-state index in [1.807, 2.05) is 13.0 Å². The lowest BCUT2D eigenvalue weighted by molar-refractivity contribution is 0.0135. The Labute approximate surface area is 162 Å². The minimum absolute atomic E-state index is 0.117. The van der Waals surface area contributed by atoms with Gasteiger partial charge < -0.3 is 24.9 Å². The monoisotopic (exact) mass is 378 g/mol. The van der Waals surface area contributed by atoms with E-state index < -0.39 is 0 Å². The maximum absolute atomic E-state index is 9.71. The van der Waals surface area contributed by atoms with Gasteiger partial charge in [0.05, 0.1) is 31.9 Å². The van der Waals surface area contributed by atoms with Gasteiger partial charge in [0, 0.05) is 25.7 Å². The Morgan fingerprint density at radius 3 is 2.63 bits per heavy atom. The zero-order chi connectivity index (χ0) is 19.1. The van der Waals surface area contributed by atoms with Gasteiger partial charge in [0.2, 0.25) is 0 Å². The molecule has 152 valence electrons. The summed E-state index contributed by atoms with van der Waals surface area (Å²) in [4.78, 5) is 7.27. The van der Waals surface area contributed by atoms with Crippen LogP contribution in [0.1, 0.15) is 50.2 Å². The third kappa shape index (κ3) is 5.96. The molecular formula is C20H34N4O3. The first-order chi connectivity index (χ1) is 13.2. The molecule has 1 aliphatic carbocycles. The van der Waals surface area contributed by atoms with Gasteiger partial charge in [0.15, 0.2) is 5.96 Å². The lowest BCUT2D eigenvalue weighted by atomic mass is 9.93. The zero-order valence-electron chi connectivity index (χ0n) is 16.6. The molecule has 3 N–H and O–H groups in total. The number of aryl methyl sites for hydroxylation is 1. The highest BCUT2D eigenvalue weighted by Crippen LogP contribution is 2.24. The van der Waals surface area contributed by atoms with Crippen molar-refractivity contribution in [3.8, 4) is 0 Å². The van der Waals surface area contributed by atoms with Gasteiger partial charge in [-0.05, 0) is 51.7 Å². The van der Waals surface area contributed by atoms with Crippen molar-refractivity contribution < 1.29 is 14.3 Å². The van der Waals surface area contributed by atoms with E-state index in [2.05, 4.69) is 28.5 Å². The third-order valence-corrected chi connectivity index (χ3v) is 5.38. The van der Waals surface area contributed by atoms with Gasteiger partial charge >= 0.3 is 0 Å². The number of aliphatic imine (C=N–C) groups is 1. The number of aliphatic hydroxyl groups is 1. The summed E-state index contributed by atoms with van der Waals surface area (Å²) in [5.41, 5.74) is 0. The van der Waals surface area contributed by atoms with Crippen molar-refractivity contribution in [2.45, 2.75) is 57.7 Å². The molecular weight excluding hydrogens is 344 g/mol. The molecule has 3 rings (SSSR count). The first kappa shape index (κ1) is 20.2. The molecule has 0 spiro atoms. The number of hydrogen-bond acceptors (Lipinski definition) is 5. The minimum atomic E-state index is -0.143. The molecule has 0 radical (unpaired) electrons. The van der Waals surface area contributed by atoms with Gasteiger partial charge in [-0.2, -0.15) is 0 Å². The predicted octanol–water partition coefficient (Wildman–Crippen LogP) is 1.82. The SMILES string of the molecule is CCNC(=NCC(c1ccc(C)o1)N1CCOCC1)NC1CCC(O)CC1. The fourth-order valence-corrected chi connectivity index (χ4v) is 3.82. The highest BCUT2D eigenvalue weighted by molar-refractivity contribution is 5.80. The maximum Gasteiger partial charge on any atom is 0.191 e. The van der Waals surface area contributed by atoms with Crippen LogP contribution in [0.4, 0.5) is 0 Å². The van der Waals surface area contributed by atoms with Crippen LogP contribution in [0.15, 0.2) is 21.5 Å². The van der Waals surface area contributed by atoms with Crippen molar-refractivity contribution in [1.82, 2.24) is 15.5 Å². The summed E-state index contributed by atoms with van der Waals surface area (Å²) in [6, 6.07) is 4.57. The summed E-state index contributed by atoms with van der Waals surface area (Å²) in [6.07, 6.45) is 3.54. The van der Waals surface area contributed by atoms with Crippen LogP contribution in [0.5, 0.6) is 0 Å². The highest BCUT2D eigenvalue weighted by Gasteiger charge is 2.26. The average molecular weight is 379 g/mol. The van der Waals surface area contributed by atoms with Gasteiger partial charge in [0.25, 0.3) is 0 Å². The van der Waals surface area contributed by atoms with Gasteiger partial charge in [-0.1, -0.05) is 0 Å². The van der Waals surface area contributed by atoms with E-state index in [1.54, 1.807) is 0 Å². The van der Waals surface area contributed by atoms with Crippen LogP contribution in [-0.4, -0.2) is 67.5 Å². The van der Waals surface area contributed by atoms with Crippen LogP contribution in [0.25, 0.3) is 0 Å². The Kier molecular flexibility index (Phi) is 7.55. The first-order valence-electron chi connectivity index (χ1n) is 10.3. The zero-order valence-corrected chi connectivity index (χ0v) is 16.6. The lowest BCUT2D eigenvalue weighted by Gasteiger charge is -2.33. The average Bonchev–Trinajstić information content (AvgIpc) is 3.11. The molecule has 2 fully saturated rings. The molecule has 0 aromatic carbocycles. The summed E-state index contributed by atoms with van der Waals surface area (Å²) in [5.74, 6) is 2.74. The van der Waals surface area contributed by atoms with Gasteiger partial charge in [-0.3, -0.25) is 9.89 Å². The summed E-state index contributed by atoms with van der Waals surface area (Å²) < 4.78 is 11.4. The molecule has 1 aliphatic heterocycles. The number of hydrogen-bond donors (Lipinski definition) is 3. The number of guanidine groups is 1. The fourth-order valence-electron chi connectivity index (χ4n) is 3.82. The largest absolute Gasteiger partial charge is 0.465 e. The van der Waals surface area contributed by atoms with E-state index in [1.165, 1.54) is 0 Å². The Hall–Kier alpha value is -1.57. The normalized spacial score (nSPS) is 26.0. The van der Waals surface area contributed by atoms with Crippen molar-refractivity contribution in [3.63, 3.8) is 0 Å². The van der Waals surface area contributed by atoms with E-state index in [-0.39, 0.29) is 12.1 Å². The van der Waals surface area contributed by atoms with Crippen LogP contribution in [0, 0.1) is 6.92 Å². The lowest BCUT2D eigenvalue weighted by Crippen LogP contribution is -2.46. The summed E-state index contributed by atoms with van der Waals surface area (Å²) in [5, 5.41) is 16.6. The molecule has 1 saturated heterocycles. The van der Waals surface area contributed by atoms with Crippen LogP contribution < -0.4 is 10.6 Å². The predicted molar refractivity (Wildman–Crippen MR) is 106 cm³/mol. The van der Waals surface area contributed by atoms with Crippen LogP contribution in [-0.2, 0) is 4.74 Å². The van der Waals surface area contributed by atoms with Crippen LogP contribution in [0.2, 0.25) is 0 Å². The maximum atomic E-state index is 9.71. The molecule has 1 aromatic rings. The van der Waals surface area contributed by atoms with E-state index >= 15 is 0 Å². The molecule has 1 saturated carbocycles. The Morgan fingerprint density at radius 2 is 2.00 bits per heavy atom. The Balaban J connectivity index is 1.67. The molecule has 0 bridgehead atoms. The molecule has 1 aromatic heterocycles. The topological polar surface area (TPSA) is 82.3 Å². The third-order valence-electron chi connectivity index (χ3n) is 5.38. The second kappa shape index (κ2) is 10.1. The molecule has 7 nitrogen and oxygen atoms in total. The quantitative estimate of drug-likeness (QED) is 0.517. The Morgan fingerprint density at radius 1 is 1.26 bits per heavy atom. The number of nitrogens with one attached hydrogen (secondary N) is 2. The number of rotatable bonds is 6. The van der Waals surface area contributed by atoms with Crippen molar-refractivity contribution in [2.75, 3.05) is 39.4 Å². The number of furan rings is 1. The van der Waals surface area contributed by atoms with E-state index in [0.29, 0.717) is 12.6 Å². The molecule has 0 amide bonds. The van der Waals surface area contributed by atoms with Crippen molar-refractivity contribution in [3.05, 3.63) is 23.7 Å². The van der Waals surface area contributed by atoms with Gasteiger partial charge in [0.1, 0.15) is 11.5 Å². The molecule has 2 aliphatic rings. The number of ether oxygens (including phenoxy) is 1. The summed E-state index contributed by atoms with van der Waals surface area (Å²) in [7, 11) is 0. The first-order valence-corrected chi connectivity index (χ1v) is 10.3. The van der Waals surface area contributed by atoms with Gasteiger partial charge in [-0.15, -0.1) is 0 Å². The van der Waals surface area contributed by atoms with Crippen LogP contribution >= 0.6 is 0 Å². The standard InChI is InChI=1S/C20H34N4O3/c1-3-21-20(23-16-5-7-17(25)8-6-16)22-14-18(19-9-4-15(2)27-19)24-10-12-26-13-11-24/h4,9,16-18,25H,3,5-8,10-14H2,1-2H3,(H2,21,22,23). The second-order valence-corrected chi connectivity index (χ2v) is 7.48. The molecule has 1 unspecified atom stereocenters. The van der Waals surface area contributed by atoms with Crippen molar-refractivity contribution >= 4 is 5.96 Å². The molecule has 7 heteroatoms.